The largest absolute Gasteiger partial charge is 0.508 e. The van der Waals surface area contributed by atoms with E-state index < -0.39 is 0 Å². The van der Waals surface area contributed by atoms with E-state index in [0.717, 1.165) is 22.2 Å². The molecular weight excluding hydrogens is 220 g/mol. The van der Waals surface area contributed by atoms with Gasteiger partial charge in [0.15, 0.2) is 0 Å². The third kappa shape index (κ3) is 1.18. The van der Waals surface area contributed by atoms with Gasteiger partial charge in [0.1, 0.15) is 17.6 Å². The zero-order chi connectivity index (χ0) is 8.72. The first kappa shape index (κ1) is 7.92. The van der Waals surface area contributed by atoms with Crippen molar-refractivity contribution in [3.63, 3.8) is 0 Å². The van der Waals surface area contributed by atoms with E-state index in [9.17, 15) is 5.11 Å². The number of phenols is 1. The quantitative estimate of drug-likeness (QED) is 0.740. The van der Waals surface area contributed by atoms with Gasteiger partial charge in [-0.05, 0) is 35.0 Å². The Balaban J connectivity index is 2.52. The highest BCUT2D eigenvalue weighted by atomic mass is 79.9. The van der Waals surface area contributed by atoms with Crippen molar-refractivity contribution in [3.8, 4) is 11.5 Å². The fraction of sp³-hybridized carbons (Fsp3) is 0.333. The van der Waals surface area contributed by atoms with Crippen molar-refractivity contribution in [1.29, 1.82) is 0 Å². The molecule has 0 aromatic heterocycles. The second-order valence-electron chi connectivity index (χ2n) is 3.05. The smallest absolute Gasteiger partial charge is 0.137 e. The number of phenolic OH excluding ortho intramolecular Hbond substituents is 1. The van der Waals surface area contributed by atoms with Gasteiger partial charge in [-0.1, -0.05) is 0 Å². The Morgan fingerprint density at radius 2 is 2.33 bits per heavy atom. The lowest BCUT2D eigenvalue weighted by atomic mass is 10.1. The van der Waals surface area contributed by atoms with Gasteiger partial charge in [-0.25, -0.2) is 0 Å². The molecule has 0 bridgehead atoms. The molecule has 0 spiro atoms. The van der Waals surface area contributed by atoms with Crippen molar-refractivity contribution in [2.45, 2.75) is 19.4 Å². The van der Waals surface area contributed by atoms with Crippen molar-refractivity contribution in [2.75, 3.05) is 0 Å². The van der Waals surface area contributed by atoms with Crippen molar-refractivity contribution in [3.05, 3.63) is 22.2 Å². The molecule has 1 aromatic carbocycles. The normalized spacial score (nSPS) is 20.3. The Morgan fingerprint density at radius 1 is 1.58 bits per heavy atom. The summed E-state index contributed by atoms with van der Waals surface area (Å²) < 4.78 is 6.37. The van der Waals surface area contributed by atoms with E-state index in [-0.39, 0.29) is 6.10 Å². The lowest BCUT2D eigenvalue weighted by Gasteiger charge is -2.04. The van der Waals surface area contributed by atoms with Gasteiger partial charge in [-0.3, -0.25) is 0 Å². The summed E-state index contributed by atoms with van der Waals surface area (Å²) in [6.07, 6.45) is 1.10. The molecule has 3 heteroatoms. The molecule has 1 aliphatic rings. The minimum absolute atomic E-state index is 0.220. The molecule has 1 aromatic rings. The Kier molecular flexibility index (Phi) is 1.76. The fourth-order valence-corrected chi connectivity index (χ4v) is 2.05. The van der Waals surface area contributed by atoms with E-state index in [1.165, 1.54) is 0 Å². The Labute approximate surface area is 79.3 Å². The SMILES string of the molecule is CC1Cc2cc(O)cc(Br)c2O1. The number of benzene rings is 1. The second kappa shape index (κ2) is 2.66. The van der Waals surface area contributed by atoms with Gasteiger partial charge in [0.25, 0.3) is 0 Å². The summed E-state index contributed by atoms with van der Waals surface area (Å²) in [6.45, 7) is 2.02. The molecule has 0 saturated heterocycles. The van der Waals surface area contributed by atoms with Crippen LogP contribution in [0, 0.1) is 0 Å². The first-order valence-electron chi connectivity index (χ1n) is 3.85. The Hall–Kier alpha value is -0.700. The van der Waals surface area contributed by atoms with Crippen LogP contribution in [-0.2, 0) is 6.42 Å². The maximum atomic E-state index is 9.28. The number of rotatable bonds is 0. The molecular formula is C9H9BrO2. The molecule has 1 unspecified atom stereocenters. The third-order valence-electron chi connectivity index (χ3n) is 1.93. The highest BCUT2D eigenvalue weighted by Gasteiger charge is 2.21. The molecule has 1 atom stereocenters. The van der Waals surface area contributed by atoms with E-state index >= 15 is 0 Å². The topological polar surface area (TPSA) is 29.5 Å². The van der Waals surface area contributed by atoms with Crippen LogP contribution in [0.25, 0.3) is 0 Å². The van der Waals surface area contributed by atoms with E-state index in [4.69, 9.17) is 4.74 Å². The average Bonchev–Trinajstić information content (AvgIpc) is 2.29. The van der Waals surface area contributed by atoms with Crippen LogP contribution < -0.4 is 4.74 Å². The standard InChI is InChI=1S/C9H9BrO2/c1-5-2-6-3-7(11)4-8(10)9(6)12-5/h3-5,11H,2H2,1H3. The van der Waals surface area contributed by atoms with Gasteiger partial charge < -0.3 is 9.84 Å². The molecule has 1 N–H and O–H groups in total. The van der Waals surface area contributed by atoms with Crippen LogP contribution in [0.3, 0.4) is 0 Å². The van der Waals surface area contributed by atoms with Crippen LogP contribution in [0.15, 0.2) is 16.6 Å². The van der Waals surface area contributed by atoms with Gasteiger partial charge in [-0.2, -0.15) is 0 Å². The minimum Gasteiger partial charge on any atom is -0.508 e. The van der Waals surface area contributed by atoms with Crippen LogP contribution in [-0.4, -0.2) is 11.2 Å². The van der Waals surface area contributed by atoms with Gasteiger partial charge in [0.05, 0.1) is 4.47 Å². The predicted octanol–water partition coefficient (Wildman–Crippen LogP) is 2.48. The van der Waals surface area contributed by atoms with Gasteiger partial charge >= 0.3 is 0 Å². The Morgan fingerprint density at radius 3 is 3.08 bits per heavy atom. The monoisotopic (exact) mass is 228 g/mol. The number of ether oxygens (including phenoxy) is 1. The van der Waals surface area contributed by atoms with Gasteiger partial charge in [0, 0.05) is 12.0 Å². The van der Waals surface area contributed by atoms with Crippen molar-refractivity contribution in [2.24, 2.45) is 0 Å². The van der Waals surface area contributed by atoms with Crippen LogP contribution >= 0.6 is 15.9 Å². The molecule has 0 saturated carbocycles. The first-order valence-corrected chi connectivity index (χ1v) is 4.64. The zero-order valence-electron chi connectivity index (χ0n) is 6.67. The molecule has 64 valence electrons. The van der Waals surface area contributed by atoms with Crippen LogP contribution in [0.1, 0.15) is 12.5 Å². The fourth-order valence-electron chi connectivity index (χ4n) is 1.47. The van der Waals surface area contributed by atoms with Crippen LogP contribution in [0.2, 0.25) is 0 Å². The lowest BCUT2D eigenvalue weighted by molar-refractivity contribution is 0.253. The van der Waals surface area contributed by atoms with E-state index in [1.807, 2.05) is 6.92 Å². The second-order valence-corrected chi connectivity index (χ2v) is 3.90. The molecule has 1 heterocycles. The molecule has 12 heavy (non-hydrogen) atoms. The summed E-state index contributed by atoms with van der Waals surface area (Å²) in [5.74, 6) is 1.17. The maximum Gasteiger partial charge on any atom is 0.137 e. The number of fused-ring (bicyclic) bond motifs is 1. The molecule has 0 radical (unpaired) electrons. The number of hydrogen-bond donors (Lipinski definition) is 1. The van der Waals surface area contributed by atoms with Crippen LogP contribution in [0.4, 0.5) is 0 Å². The lowest BCUT2D eigenvalue weighted by Crippen LogP contribution is -2.05. The van der Waals surface area contributed by atoms with E-state index in [1.54, 1.807) is 12.1 Å². The van der Waals surface area contributed by atoms with Crippen molar-refractivity contribution >= 4 is 15.9 Å². The third-order valence-corrected chi connectivity index (χ3v) is 2.52. The van der Waals surface area contributed by atoms with E-state index in [0.29, 0.717) is 5.75 Å². The molecule has 2 rings (SSSR count). The zero-order valence-corrected chi connectivity index (χ0v) is 8.26. The first-order chi connectivity index (χ1) is 5.66. The van der Waals surface area contributed by atoms with Crippen LogP contribution in [0.5, 0.6) is 11.5 Å². The molecule has 0 amide bonds. The average molecular weight is 229 g/mol. The number of aromatic hydroxyl groups is 1. The predicted molar refractivity (Wildman–Crippen MR) is 49.6 cm³/mol. The summed E-state index contributed by atoms with van der Waals surface area (Å²) in [4.78, 5) is 0. The van der Waals surface area contributed by atoms with Gasteiger partial charge in [0.2, 0.25) is 0 Å². The molecule has 0 fully saturated rings. The van der Waals surface area contributed by atoms with Crippen molar-refractivity contribution in [1.82, 2.24) is 0 Å². The summed E-state index contributed by atoms with van der Waals surface area (Å²) in [5.41, 5.74) is 1.08. The highest BCUT2D eigenvalue weighted by Crippen LogP contribution is 2.38. The van der Waals surface area contributed by atoms with E-state index in [2.05, 4.69) is 15.9 Å². The summed E-state index contributed by atoms with van der Waals surface area (Å²) >= 11 is 3.34. The maximum absolute atomic E-state index is 9.28. The Bertz CT molecular complexity index is 323. The minimum atomic E-state index is 0.220. The summed E-state index contributed by atoms with van der Waals surface area (Å²) in [5, 5.41) is 9.28. The molecule has 1 aliphatic heterocycles. The summed E-state index contributed by atoms with van der Waals surface area (Å²) in [7, 11) is 0. The highest BCUT2D eigenvalue weighted by molar-refractivity contribution is 9.10. The van der Waals surface area contributed by atoms with Crippen molar-refractivity contribution < 1.29 is 9.84 Å². The molecule has 0 aliphatic carbocycles. The number of hydrogen-bond acceptors (Lipinski definition) is 2. The molecule has 2 nitrogen and oxygen atoms in total. The summed E-state index contributed by atoms with van der Waals surface area (Å²) in [6, 6.07) is 3.40. The number of halogens is 1. The van der Waals surface area contributed by atoms with Gasteiger partial charge in [-0.15, -0.1) is 0 Å².